The van der Waals surface area contributed by atoms with Crippen LogP contribution in [0, 0.1) is 0 Å². The summed E-state index contributed by atoms with van der Waals surface area (Å²) in [5, 5.41) is 6.97. The average Bonchev–Trinajstić information content (AvgIpc) is 2.88. The van der Waals surface area contributed by atoms with E-state index in [-0.39, 0.29) is 31.4 Å². The van der Waals surface area contributed by atoms with Gasteiger partial charge in [0, 0.05) is 42.7 Å². The van der Waals surface area contributed by atoms with E-state index in [2.05, 4.69) is 38.6 Å². The Morgan fingerprint density at radius 1 is 1.11 bits per heavy atom. The van der Waals surface area contributed by atoms with E-state index in [0.29, 0.717) is 25.3 Å². The Morgan fingerprint density at radius 3 is 2.64 bits per heavy atom. The Morgan fingerprint density at radius 2 is 1.92 bits per heavy atom. The topological polar surface area (TPSA) is 98.3 Å². The Balaban J connectivity index is 0.00000304. The number of carbonyl (C=O) groups excluding carboxylic acids is 1. The number of fused-ring (bicyclic) bond motifs is 1. The lowest BCUT2D eigenvalue weighted by atomic mass is 9.96. The standard InChI is InChI=1S/C27H27N5O3.H2S/c1-17(21-4-3-5-22-23(27(33)28-2)10-11-29-26(21)22)13-30-25-12-24(31-16-32-25)18-6-8-19(9-7-18)35-20-14-34-15-20;/h3-12,16-17,20H,13-15H2,1-2H3,(H,28,33)(H,30,31,32);1H2/t17-;/m1./s1. The van der Waals surface area contributed by atoms with E-state index in [1.54, 1.807) is 25.6 Å². The van der Waals surface area contributed by atoms with Crippen LogP contribution in [0.2, 0.25) is 0 Å². The van der Waals surface area contributed by atoms with Crippen molar-refractivity contribution in [3.05, 3.63) is 78.2 Å². The molecular weight excluding hydrogens is 474 g/mol. The molecule has 1 saturated heterocycles. The maximum absolute atomic E-state index is 12.3. The zero-order valence-electron chi connectivity index (χ0n) is 20.2. The highest BCUT2D eigenvalue weighted by molar-refractivity contribution is 7.59. The van der Waals surface area contributed by atoms with Gasteiger partial charge < -0.3 is 20.1 Å². The summed E-state index contributed by atoms with van der Waals surface area (Å²) >= 11 is 0. The Bertz CT molecular complexity index is 1350. The van der Waals surface area contributed by atoms with E-state index < -0.39 is 0 Å². The highest BCUT2D eigenvalue weighted by atomic mass is 32.1. The highest BCUT2D eigenvalue weighted by Gasteiger charge is 2.20. The fourth-order valence-electron chi connectivity index (χ4n) is 4.09. The molecule has 1 aliphatic rings. The number of benzene rings is 2. The number of carbonyl (C=O) groups is 1. The molecule has 8 nitrogen and oxygen atoms in total. The zero-order valence-corrected chi connectivity index (χ0v) is 21.2. The maximum Gasteiger partial charge on any atom is 0.251 e. The van der Waals surface area contributed by atoms with Crippen LogP contribution in [0.4, 0.5) is 5.82 Å². The second kappa shape index (κ2) is 11.4. The number of ether oxygens (including phenoxy) is 2. The largest absolute Gasteiger partial charge is 0.486 e. The number of pyridine rings is 1. The summed E-state index contributed by atoms with van der Waals surface area (Å²) < 4.78 is 11.0. The van der Waals surface area contributed by atoms with Crippen LogP contribution in [-0.4, -0.2) is 53.8 Å². The van der Waals surface area contributed by atoms with Crippen molar-refractivity contribution in [2.45, 2.75) is 18.9 Å². The molecule has 0 radical (unpaired) electrons. The molecule has 0 bridgehead atoms. The molecule has 1 aliphatic heterocycles. The molecule has 3 heterocycles. The number of hydrogen-bond donors (Lipinski definition) is 2. The molecule has 0 saturated carbocycles. The predicted octanol–water partition coefficient (Wildman–Crippen LogP) is 4.16. The lowest BCUT2D eigenvalue weighted by Crippen LogP contribution is -2.38. The van der Waals surface area contributed by atoms with Gasteiger partial charge in [0.05, 0.1) is 30.0 Å². The molecule has 2 aromatic heterocycles. The summed E-state index contributed by atoms with van der Waals surface area (Å²) in [6, 6.07) is 17.5. The monoisotopic (exact) mass is 503 g/mol. The van der Waals surface area contributed by atoms with Gasteiger partial charge in [-0.15, -0.1) is 0 Å². The Hall–Kier alpha value is -3.69. The van der Waals surface area contributed by atoms with Gasteiger partial charge in [0.1, 0.15) is 24.0 Å². The second-order valence-electron chi connectivity index (χ2n) is 8.55. The molecule has 0 unspecified atom stereocenters. The van der Waals surface area contributed by atoms with Gasteiger partial charge in [-0.25, -0.2) is 9.97 Å². The average molecular weight is 504 g/mol. The Kier molecular flexibility index (Phi) is 8.02. The minimum absolute atomic E-state index is 0. The first-order valence-electron chi connectivity index (χ1n) is 11.6. The van der Waals surface area contributed by atoms with Gasteiger partial charge in [-0.2, -0.15) is 13.5 Å². The maximum atomic E-state index is 12.3. The first-order valence-corrected chi connectivity index (χ1v) is 11.6. The predicted molar refractivity (Wildman–Crippen MR) is 145 cm³/mol. The van der Waals surface area contributed by atoms with Crippen LogP contribution in [0.3, 0.4) is 0 Å². The summed E-state index contributed by atoms with van der Waals surface area (Å²) in [6.07, 6.45) is 3.39. The van der Waals surface area contributed by atoms with Crippen molar-refractivity contribution in [1.82, 2.24) is 20.3 Å². The van der Waals surface area contributed by atoms with Gasteiger partial charge in [-0.05, 0) is 35.9 Å². The van der Waals surface area contributed by atoms with Gasteiger partial charge in [0.25, 0.3) is 5.91 Å². The molecular formula is C27H29N5O3S. The van der Waals surface area contributed by atoms with Crippen LogP contribution < -0.4 is 15.4 Å². The third kappa shape index (κ3) is 5.42. The molecule has 2 aromatic carbocycles. The van der Waals surface area contributed by atoms with Crippen molar-refractivity contribution in [1.29, 1.82) is 0 Å². The molecule has 4 aromatic rings. The minimum atomic E-state index is -0.120. The van der Waals surface area contributed by atoms with Crippen molar-refractivity contribution < 1.29 is 14.3 Å². The second-order valence-corrected chi connectivity index (χ2v) is 8.55. The summed E-state index contributed by atoms with van der Waals surface area (Å²) in [5.41, 5.74) is 4.35. The van der Waals surface area contributed by atoms with E-state index in [1.165, 1.54) is 0 Å². The van der Waals surface area contributed by atoms with E-state index in [4.69, 9.17) is 9.47 Å². The van der Waals surface area contributed by atoms with Gasteiger partial charge in [0.15, 0.2) is 0 Å². The lowest BCUT2D eigenvalue weighted by Gasteiger charge is -2.26. The first-order chi connectivity index (χ1) is 17.1. The summed E-state index contributed by atoms with van der Waals surface area (Å²) in [7, 11) is 1.63. The molecule has 1 atom stereocenters. The lowest BCUT2D eigenvalue weighted by molar-refractivity contribution is -0.0796. The fourth-order valence-corrected chi connectivity index (χ4v) is 4.09. The minimum Gasteiger partial charge on any atom is -0.486 e. The van der Waals surface area contributed by atoms with Crippen molar-refractivity contribution in [3.63, 3.8) is 0 Å². The Labute approximate surface area is 216 Å². The number of aromatic nitrogens is 3. The third-order valence-corrected chi connectivity index (χ3v) is 6.12. The van der Waals surface area contributed by atoms with E-state index in [0.717, 1.165) is 39.3 Å². The number of amides is 1. The van der Waals surface area contributed by atoms with Crippen LogP contribution in [0.1, 0.15) is 28.8 Å². The molecule has 9 heteroatoms. The number of nitrogens with one attached hydrogen (secondary N) is 2. The third-order valence-electron chi connectivity index (χ3n) is 6.12. The highest BCUT2D eigenvalue weighted by Crippen LogP contribution is 2.27. The van der Waals surface area contributed by atoms with Crippen molar-refractivity contribution in [3.8, 4) is 17.0 Å². The van der Waals surface area contributed by atoms with Crippen LogP contribution in [0.5, 0.6) is 5.75 Å². The summed E-state index contributed by atoms with van der Waals surface area (Å²) in [5.74, 6) is 1.58. The number of rotatable bonds is 8. The zero-order chi connectivity index (χ0) is 24.2. The normalized spacial score (nSPS) is 13.8. The molecule has 0 spiro atoms. The molecule has 5 rings (SSSR count). The van der Waals surface area contributed by atoms with E-state index in [9.17, 15) is 4.79 Å². The van der Waals surface area contributed by atoms with Crippen LogP contribution in [0.25, 0.3) is 22.2 Å². The SMILES string of the molecule is CNC(=O)c1ccnc2c([C@H](C)CNc3cc(-c4ccc(OC5COC5)cc4)ncn3)cccc12.S. The molecule has 0 aliphatic carbocycles. The van der Waals surface area contributed by atoms with Crippen LogP contribution in [-0.2, 0) is 4.74 Å². The van der Waals surface area contributed by atoms with Gasteiger partial charge in [0.2, 0.25) is 0 Å². The van der Waals surface area contributed by atoms with E-state index >= 15 is 0 Å². The van der Waals surface area contributed by atoms with Gasteiger partial charge in [-0.3, -0.25) is 9.78 Å². The number of anilines is 1. The quantitative estimate of drug-likeness (QED) is 0.373. The van der Waals surface area contributed by atoms with Gasteiger partial charge in [-0.1, -0.05) is 25.1 Å². The molecule has 36 heavy (non-hydrogen) atoms. The number of nitrogens with zero attached hydrogens (tertiary/aromatic N) is 3. The molecule has 186 valence electrons. The number of hydrogen-bond acceptors (Lipinski definition) is 7. The molecule has 2 N–H and O–H groups in total. The smallest absolute Gasteiger partial charge is 0.251 e. The van der Waals surface area contributed by atoms with Crippen LogP contribution in [0.15, 0.2) is 67.1 Å². The van der Waals surface area contributed by atoms with E-state index in [1.807, 2.05) is 42.5 Å². The summed E-state index contributed by atoms with van der Waals surface area (Å²) in [6.45, 7) is 4.07. The molecule has 1 amide bonds. The first kappa shape index (κ1) is 25.4. The van der Waals surface area contributed by atoms with Crippen molar-refractivity contribution >= 4 is 36.1 Å². The fraction of sp³-hybridized carbons (Fsp3) is 0.259. The summed E-state index contributed by atoms with van der Waals surface area (Å²) in [4.78, 5) is 25.7. The van der Waals surface area contributed by atoms with Crippen LogP contribution >= 0.6 is 13.5 Å². The van der Waals surface area contributed by atoms with Crippen molar-refractivity contribution in [2.75, 3.05) is 32.1 Å². The number of para-hydroxylation sites is 1. The molecule has 1 fully saturated rings. The van der Waals surface area contributed by atoms with Gasteiger partial charge >= 0.3 is 0 Å². The van der Waals surface area contributed by atoms with Crippen molar-refractivity contribution in [2.24, 2.45) is 0 Å².